The number of benzene rings is 2. The number of halogens is 1. The fourth-order valence-electron chi connectivity index (χ4n) is 3.06. The SMILES string of the molecule is C[C@H](C(=O)Nc1ccc(C#N)cc1)N1CCN(c2ccc(F)cc2)CC1. The van der Waals surface area contributed by atoms with Crippen LogP contribution in [0, 0.1) is 17.1 Å². The van der Waals surface area contributed by atoms with Crippen LogP contribution in [0.5, 0.6) is 0 Å². The molecule has 134 valence electrons. The van der Waals surface area contributed by atoms with E-state index in [4.69, 9.17) is 5.26 Å². The average Bonchev–Trinajstić information content (AvgIpc) is 2.69. The maximum absolute atomic E-state index is 13.0. The first-order valence-electron chi connectivity index (χ1n) is 8.62. The maximum Gasteiger partial charge on any atom is 0.241 e. The Bertz CT molecular complexity index is 790. The van der Waals surface area contributed by atoms with Crippen molar-refractivity contribution in [3.63, 3.8) is 0 Å². The minimum Gasteiger partial charge on any atom is -0.369 e. The molecule has 5 nitrogen and oxygen atoms in total. The molecule has 1 atom stereocenters. The number of rotatable bonds is 4. The van der Waals surface area contributed by atoms with Crippen LogP contribution in [0.1, 0.15) is 12.5 Å². The van der Waals surface area contributed by atoms with Crippen LogP contribution < -0.4 is 10.2 Å². The lowest BCUT2D eigenvalue weighted by Crippen LogP contribution is -2.52. The van der Waals surface area contributed by atoms with Crippen LogP contribution in [0.15, 0.2) is 48.5 Å². The molecule has 1 amide bonds. The van der Waals surface area contributed by atoms with Crippen LogP contribution in [0.25, 0.3) is 0 Å². The zero-order valence-corrected chi connectivity index (χ0v) is 14.7. The molecule has 1 N–H and O–H groups in total. The Labute approximate surface area is 152 Å². The van der Waals surface area contributed by atoms with Gasteiger partial charge in [-0.25, -0.2) is 4.39 Å². The van der Waals surface area contributed by atoms with Gasteiger partial charge in [-0.15, -0.1) is 0 Å². The summed E-state index contributed by atoms with van der Waals surface area (Å²) in [5.74, 6) is -0.301. The number of hydrogen-bond donors (Lipinski definition) is 1. The van der Waals surface area contributed by atoms with Crippen molar-refractivity contribution < 1.29 is 9.18 Å². The molecule has 1 saturated heterocycles. The van der Waals surface area contributed by atoms with Crippen molar-refractivity contribution in [1.82, 2.24) is 4.90 Å². The predicted octanol–water partition coefficient (Wildman–Crippen LogP) is 2.85. The fourth-order valence-corrected chi connectivity index (χ4v) is 3.06. The highest BCUT2D eigenvalue weighted by molar-refractivity contribution is 5.94. The third-order valence-electron chi connectivity index (χ3n) is 4.71. The molecule has 0 spiro atoms. The first-order chi connectivity index (χ1) is 12.6. The van der Waals surface area contributed by atoms with E-state index in [1.807, 2.05) is 6.92 Å². The Morgan fingerprint density at radius 2 is 1.69 bits per heavy atom. The highest BCUT2D eigenvalue weighted by Gasteiger charge is 2.25. The summed E-state index contributed by atoms with van der Waals surface area (Å²) in [5.41, 5.74) is 2.25. The van der Waals surface area contributed by atoms with Crippen molar-refractivity contribution in [1.29, 1.82) is 5.26 Å². The average molecular weight is 352 g/mol. The largest absolute Gasteiger partial charge is 0.369 e. The van der Waals surface area contributed by atoms with E-state index in [1.165, 1.54) is 12.1 Å². The first kappa shape index (κ1) is 17.9. The molecule has 3 rings (SSSR count). The zero-order chi connectivity index (χ0) is 18.5. The number of nitriles is 1. The minimum atomic E-state index is -0.249. The molecule has 1 aliphatic rings. The lowest BCUT2D eigenvalue weighted by Gasteiger charge is -2.38. The molecule has 0 bridgehead atoms. The second-order valence-corrected chi connectivity index (χ2v) is 6.35. The number of hydrogen-bond acceptors (Lipinski definition) is 4. The Balaban J connectivity index is 1.53. The molecule has 0 radical (unpaired) electrons. The molecule has 1 aliphatic heterocycles. The van der Waals surface area contributed by atoms with Gasteiger partial charge in [-0.05, 0) is 55.5 Å². The van der Waals surface area contributed by atoms with E-state index in [1.54, 1.807) is 36.4 Å². The summed E-state index contributed by atoms with van der Waals surface area (Å²) < 4.78 is 13.0. The molecule has 1 fully saturated rings. The third-order valence-corrected chi connectivity index (χ3v) is 4.71. The van der Waals surface area contributed by atoms with Gasteiger partial charge in [0.2, 0.25) is 5.91 Å². The van der Waals surface area contributed by atoms with Crippen molar-refractivity contribution in [2.45, 2.75) is 13.0 Å². The Kier molecular flexibility index (Phi) is 5.49. The van der Waals surface area contributed by atoms with Crippen LogP contribution in [-0.4, -0.2) is 43.0 Å². The van der Waals surface area contributed by atoms with Crippen LogP contribution in [0.3, 0.4) is 0 Å². The number of carbonyl (C=O) groups is 1. The van der Waals surface area contributed by atoms with Crippen molar-refractivity contribution in [2.24, 2.45) is 0 Å². The van der Waals surface area contributed by atoms with Crippen LogP contribution >= 0.6 is 0 Å². The van der Waals surface area contributed by atoms with E-state index in [0.717, 1.165) is 31.9 Å². The second kappa shape index (κ2) is 7.98. The van der Waals surface area contributed by atoms with Gasteiger partial charge in [-0.3, -0.25) is 9.69 Å². The Hall–Kier alpha value is -2.91. The van der Waals surface area contributed by atoms with Crippen LogP contribution in [-0.2, 0) is 4.79 Å². The smallest absolute Gasteiger partial charge is 0.241 e. The van der Waals surface area contributed by atoms with Gasteiger partial charge in [-0.2, -0.15) is 5.26 Å². The predicted molar refractivity (Wildman–Crippen MR) is 99.4 cm³/mol. The highest BCUT2D eigenvalue weighted by Crippen LogP contribution is 2.18. The molecule has 0 unspecified atom stereocenters. The number of nitrogens with one attached hydrogen (secondary N) is 1. The Morgan fingerprint density at radius 1 is 1.08 bits per heavy atom. The van der Waals surface area contributed by atoms with Gasteiger partial charge in [0.1, 0.15) is 5.82 Å². The maximum atomic E-state index is 13.0. The molecule has 1 heterocycles. The lowest BCUT2D eigenvalue weighted by atomic mass is 10.2. The first-order valence-corrected chi connectivity index (χ1v) is 8.62. The lowest BCUT2D eigenvalue weighted by molar-refractivity contribution is -0.120. The molecule has 0 saturated carbocycles. The van der Waals surface area contributed by atoms with Gasteiger partial charge in [0, 0.05) is 37.6 Å². The molecule has 26 heavy (non-hydrogen) atoms. The van der Waals surface area contributed by atoms with Gasteiger partial charge < -0.3 is 10.2 Å². The molecule has 2 aromatic carbocycles. The zero-order valence-electron chi connectivity index (χ0n) is 14.7. The standard InChI is InChI=1S/C20H21FN4O/c1-15(20(26)23-18-6-2-16(14-22)3-7-18)24-10-12-25(13-11-24)19-8-4-17(21)5-9-19/h2-9,15H,10-13H2,1H3,(H,23,26)/t15-/m1/s1. The molecular formula is C20H21FN4O. The molecule has 6 heteroatoms. The van der Waals surface area contributed by atoms with Gasteiger partial charge >= 0.3 is 0 Å². The van der Waals surface area contributed by atoms with Crippen molar-refractivity contribution in [2.75, 3.05) is 36.4 Å². The van der Waals surface area contributed by atoms with Crippen molar-refractivity contribution >= 4 is 17.3 Å². The van der Waals surface area contributed by atoms with Crippen LogP contribution in [0.2, 0.25) is 0 Å². The number of nitrogens with zero attached hydrogens (tertiary/aromatic N) is 3. The summed E-state index contributed by atoms with van der Waals surface area (Å²) in [4.78, 5) is 16.8. The molecular weight excluding hydrogens is 331 g/mol. The van der Waals surface area contributed by atoms with Crippen molar-refractivity contribution in [3.8, 4) is 6.07 Å². The summed E-state index contributed by atoms with van der Waals surface area (Å²) in [6.45, 7) is 5.01. The molecule has 2 aromatic rings. The quantitative estimate of drug-likeness (QED) is 0.919. The third kappa shape index (κ3) is 4.19. The summed E-state index contributed by atoms with van der Waals surface area (Å²) in [6, 6.07) is 15.1. The van der Waals surface area contributed by atoms with Gasteiger partial charge in [0.05, 0.1) is 17.7 Å². The van der Waals surface area contributed by atoms with Crippen molar-refractivity contribution in [3.05, 3.63) is 59.9 Å². The second-order valence-electron chi connectivity index (χ2n) is 6.35. The van der Waals surface area contributed by atoms with E-state index in [2.05, 4.69) is 21.2 Å². The van der Waals surface area contributed by atoms with E-state index in [-0.39, 0.29) is 17.8 Å². The van der Waals surface area contributed by atoms with Gasteiger partial charge in [0.25, 0.3) is 0 Å². The topological polar surface area (TPSA) is 59.4 Å². The normalized spacial score (nSPS) is 16.0. The van der Waals surface area contributed by atoms with Gasteiger partial charge in [-0.1, -0.05) is 0 Å². The number of amides is 1. The molecule has 0 aliphatic carbocycles. The van der Waals surface area contributed by atoms with Crippen LogP contribution in [0.4, 0.5) is 15.8 Å². The highest BCUT2D eigenvalue weighted by atomic mass is 19.1. The summed E-state index contributed by atoms with van der Waals surface area (Å²) in [7, 11) is 0. The van der Waals surface area contributed by atoms with Gasteiger partial charge in [0.15, 0.2) is 0 Å². The van der Waals surface area contributed by atoms with E-state index < -0.39 is 0 Å². The Morgan fingerprint density at radius 3 is 2.27 bits per heavy atom. The summed E-state index contributed by atoms with van der Waals surface area (Å²) in [5, 5.41) is 11.7. The monoisotopic (exact) mass is 352 g/mol. The van der Waals surface area contributed by atoms with E-state index >= 15 is 0 Å². The number of anilines is 2. The summed E-state index contributed by atoms with van der Waals surface area (Å²) >= 11 is 0. The van der Waals surface area contributed by atoms with E-state index in [0.29, 0.717) is 11.3 Å². The fraction of sp³-hybridized carbons (Fsp3) is 0.300. The number of carbonyl (C=O) groups excluding carboxylic acids is 1. The minimum absolute atomic E-state index is 0.0649. The molecule has 0 aromatic heterocycles. The number of piperazine rings is 1. The van der Waals surface area contributed by atoms with E-state index in [9.17, 15) is 9.18 Å². The summed E-state index contributed by atoms with van der Waals surface area (Å²) in [6.07, 6.45) is 0.